The zero-order valence-corrected chi connectivity index (χ0v) is 10.5. The molecule has 16 heavy (non-hydrogen) atoms. The minimum atomic E-state index is -0.305. The Morgan fingerprint density at radius 3 is 2.81 bits per heavy atom. The molecule has 1 saturated heterocycles. The summed E-state index contributed by atoms with van der Waals surface area (Å²) in [7, 11) is 0. The molecule has 0 bridgehead atoms. The lowest BCUT2D eigenvalue weighted by molar-refractivity contribution is 0.0421. The fraction of sp³-hybridized carbons (Fsp3) is 1.00. The van der Waals surface area contributed by atoms with Gasteiger partial charge in [-0.2, -0.15) is 0 Å². The van der Waals surface area contributed by atoms with E-state index in [1.54, 1.807) is 0 Å². The molecule has 2 fully saturated rings. The molecule has 0 aromatic carbocycles. The third-order valence-electron chi connectivity index (χ3n) is 4.49. The van der Waals surface area contributed by atoms with Gasteiger partial charge in [0.1, 0.15) is 0 Å². The Morgan fingerprint density at radius 2 is 2.12 bits per heavy atom. The highest BCUT2D eigenvalue weighted by molar-refractivity contribution is 4.95. The van der Waals surface area contributed by atoms with E-state index in [4.69, 9.17) is 5.73 Å². The van der Waals surface area contributed by atoms with Gasteiger partial charge in [0.25, 0.3) is 0 Å². The predicted molar refractivity (Wildman–Crippen MR) is 66.3 cm³/mol. The first kappa shape index (κ1) is 12.3. The lowest BCUT2D eigenvalue weighted by Gasteiger charge is -2.46. The van der Waals surface area contributed by atoms with E-state index in [9.17, 15) is 5.11 Å². The van der Waals surface area contributed by atoms with Gasteiger partial charge in [0.05, 0.1) is 6.61 Å². The van der Waals surface area contributed by atoms with Gasteiger partial charge in [-0.05, 0) is 52.0 Å². The van der Waals surface area contributed by atoms with Gasteiger partial charge in [0, 0.05) is 17.6 Å². The van der Waals surface area contributed by atoms with Crippen LogP contribution in [0.1, 0.15) is 51.9 Å². The van der Waals surface area contributed by atoms with Crippen molar-refractivity contribution >= 4 is 0 Å². The molecule has 3 nitrogen and oxygen atoms in total. The van der Waals surface area contributed by atoms with Gasteiger partial charge in [0.2, 0.25) is 0 Å². The van der Waals surface area contributed by atoms with Gasteiger partial charge in [-0.3, -0.25) is 4.90 Å². The summed E-state index contributed by atoms with van der Waals surface area (Å²) in [5.74, 6) is 0. The Morgan fingerprint density at radius 1 is 1.31 bits per heavy atom. The van der Waals surface area contributed by atoms with Crippen LogP contribution in [0.25, 0.3) is 0 Å². The molecule has 1 saturated carbocycles. The molecule has 0 amide bonds. The molecule has 1 heterocycles. The molecule has 2 rings (SSSR count). The molecule has 2 aliphatic rings. The van der Waals surface area contributed by atoms with Gasteiger partial charge in [-0.1, -0.05) is 6.42 Å². The highest BCUT2D eigenvalue weighted by atomic mass is 16.3. The van der Waals surface area contributed by atoms with Crippen molar-refractivity contribution in [1.29, 1.82) is 0 Å². The Balaban J connectivity index is 1.97. The second-order valence-corrected chi connectivity index (χ2v) is 5.85. The number of aliphatic hydroxyl groups excluding tert-OH is 1. The summed E-state index contributed by atoms with van der Waals surface area (Å²) < 4.78 is 0. The monoisotopic (exact) mass is 226 g/mol. The lowest BCUT2D eigenvalue weighted by Crippen LogP contribution is -2.55. The highest BCUT2D eigenvalue weighted by Gasteiger charge is 2.36. The number of nitrogens with two attached hydrogens (primary N) is 1. The first-order chi connectivity index (χ1) is 7.64. The Labute approximate surface area is 99.0 Å². The van der Waals surface area contributed by atoms with Crippen LogP contribution in [0.2, 0.25) is 0 Å². The van der Waals surface area contributed by atoms with Crippen molar-refractivity contribution in [3.63, 3.8) is 0 Å². The number of likely N-dealkylation sites (tertiary alicyclic amines) is 1. The number of hydrogen-bond acceptors (Lipinski definition) is 3. The van der Waals surface area contributed by atoms with E-state index in [2.05, 4.69) is 11.8 Å². The van der Waals surface area contributed by atoms with Crippen LogP contribution in [-0.2, 0) is 0 Å². The second-order valence-electron chi connectivity index (χ2n) is 5.85. The van der Waals surface area contributed by atoms with Crippen LogP contribution in [0.3, 0.4) is 0 Å². The van der Waals surface area contributed by atoms with Crippen molar-refractivity contribution in [3.8, 4) is 0 Å². The van der Waals surface area contributed by atoms with Crippen LogP contribution in [0.5, 0.6) is 0 Å². The molecule has 3 N–H and O–H groups in total. The van der Waals surface area contributed by atoms with Gasteiger partial charge >= 0.3 is 0 Å². The van der Waals surface area contributed by atoms with Crippen molar-refractivity contribution in [3.05, 3.63) is 0 Å². The van der Waals surface area contributed by atoms with E-state index in [0.717, 1.165) is 12.8 Å². The summed E-state index contributed by atoms with van der Waals surface area (Å²) in [6.07, 6.45) is 8.44. The summed E-state index contributed by atoms with van der Waals surface area (Å²) in [6.45, 7) is 3.71. The lowest BCUT2D eigenvalue weighted by atomic mass is 9.79. The summed E-state index contributed by atoms with van der Waals surface area (Å²) in [5, 5.41) is 9.39. The Bertz CT molecular complexity index is 234. The summed E-state index contributed by atoms with van der Waals surface area (Å²) in [6, 6.07) is 1.32. The first-order valence-electron chi connectivity index (χ1n) is 6.80. The van der Waals surface area contributed by atoms with Crippen molar-refractivity contribution in [2.24, 2.45) is 5.73 Å². The van der Waals surface area contributed by atoms with Gasteiger partial charge in [-0.25, -0.2) is 0 Å². The van der Waals surface area contributed by atoms with Crippen LogP contribution in [0, 0.1) is 0 Å². The Hall–Kier alpha value is -0.120. The zero-order chi connectivity index (χ0) is 11.6. The Kier molecular flexibility index (Phi) is 3.88. The number of hydrogen-bond donors (Lipinski definition) is 2. The standard InChI is InChI=1S/C13H26N2O/c1-11-5-2-3-8-15(11)12-6-4-7-13(14,9-12)10-16/h11-12,16H,2-10,14H2,1H3. The molecule has 0 radical (unpaired) electrons. The van der Waals surface area contributed by atoms with Crippen LogP contribution in [-0.4, -0.2) is 40.8 Å². The van der Waals surface area contributed by atoms with E-state index in [1.165, 1.54) is 38.6 Å². The number of rotatable bonds is 2. The van der Waals surface area contributed by atoms with E-state index in [-0.39, 0.29) is 12.1 Å². The second kappa shape index (κ2) is 5.03. The molecule has 3 heteroatoms. The molecule has 1 aliphatic heterocycles. The third-order valence-corrected chi connectivity index (χ3v) is 4.49. The molecule has 0 aromatic rings. The average molecular weight is 226 g/mol. The zero-order valence-electron chi connectivity index (χ0n) is 10.5. The molecular weight excluding hydrogens is 200 g/mol. The fourth-order valence-corrected chi connectivity index (χ4v) is 3.45. The summed E-state index contributed by atoms with van der Waals surface area (Å²) in [4.78, 5) is 2.64. The molecule has 3 atom stereocenters. The molecule has 94 valence electrons. The van der Waals surface area contributed by atoms with E-state index in [0.29, 0.717) is 12.1 Å². The maximum Gasteiger partial charge on any atom is 0.0611 e. The predicted octanol–water partition coefficient (Wildman–Crippen LogP) is 1.49. The summed E-state index contributed by atoms with van der Waals surface area (Å²) >= 11 is 0. The molecule has 3 unspecified atom stereocenters. The smallest absolute Gasteiger partial charge is 0.0611 e. The van der Waals surface area contributed by atoms with Gasteiger partial charge in [-0.15, -0.1) is 0 Å². The topological polar surface area (TPSA) is 49.5 Å². The number of piperidine rings is 1. The normalized spacial score (nSPS) is 42.2. The maximum atomic E-state index is 9.39. The highest BCUT2D eigenvalue weighted by Crippen LogP contribution is 2.32. The maximum absolute atomic E-state index is 9.39. The van der Waals surface area contributed by atoms with Gasteiger partial charge in [0.15, 0.2) is 0 Å². The van der Waals surface area contributed by atoms with Crippen molar-refractivity contribution in [2.45, 2.75) is 69.5 Å². The fourth-order valence-electron chi connectivity index (χ4n) is 3.45. The van der Waals surface area contributed by atoms with Crippen molar-refractivity contribution < 1.29 is 5.11 Å². The van der Waals surface area contributed by atoms with Crippen molar-refractivity contribution in [1.82, 2.24) is 4.90 Å². The molecular formula is C13H26N2O. The van der Waals surface area contributed by atoms with Crippen LogP contribution >= 0.6 is 0 Å². The van der Waals surface area contributed by atoms with Crippen LogP contribution in [0.4, 0.5) is 0 Å². The van der Waals surface area contributed by atoms with Crippen molar-refractivity contribution in [2.75, 3.05) is 13.2 Å². The van der Waals surface area contributed by atoms with E-state index in [1.807, 2.05) is 0 Å². The summed E-state index contributed by atoms with van der Waals surface area (Å²) in [5.41, 5.74) is 5.92. The first-order valence-corrected chi connectivity index (χ1v) is 6.80. The van der Waals surface area contributed by atoms with Crippen LogP contribution < -0.4 is 5.73 Å². The quantitative estimate of drug-likeness (QED) is 0.750. The minimum Gasteiger partial charge on any atom is -0.394 e. The third kappa shape index (κ3) is 2.58. The largest absolute Gasteiger partial charge is 0.394 e. The molecule has 1 aliphatic carbocycles. The SMILES string of the molecule is CC1CCCCN1C1CCCC(N)(CO)C1. The minimum absolute atomic E-state index is 0.145. The number of aliphatic hydroxyl groups is 1. The average Bonchev–Trinajstić information content (AvgIpc) is 2.30. The number of nitrogens with zero attached hydrogens (tertiary/aromatic N) is 1. The molecule has 0 aromatic heterocycles. The van der Waals surface area contributed by atoms with Crippen LogP contribution in [0.15, 0.2) is 0 Å². The molecule has 0 spiro atoms. The van der Waals surface area contributed by atoms with E-state index >= 15 is 0 Å². The van der Waals surface area contributed by atoms with Gasteiger partial charge < -0.3 is 10.8 Å². The van der Waals surface area contributed by atoms with E-state index < -0.39 is 0 Å².